The smallest absolute Gasteiger partial charge is 0.191 e. The van der Waals surface area contributed by atoms with E-state index in [9.17, 15) is 0 Å². The molecule has 0 unspecified atom stereocenters. The minimum Gasteiger partial charge on any atom is -0.497 e. The molecule has 1 heterocycles. The zero-order chi connectivity index (χ0) is 17.4. The lowest BCUT2D eigenvalue weighted by atomic mass is 10.2. The molecule has 6 heteroatoms. The van der Waals surface area contributed by atoms with Crippen molar-refractivity contribution in [2.45, 2.75) is 26.4 Å². The first-order valence-electron chi connectivity index (χ1n) is 7.93. The van der Waals surface area contributed by atoms with E-state index in [1.807, 2.05) is 29.5 Å². The van der Waals surface area contributed by atoms with Gasteiger partial charge in [-0.15, -0.1) is 11.3 Å². The molecule has 0 aliphatic carbocycles. The van der Waals surface area contributed by atoms with E-state index >= 15 is 0 Å². The summed E-state index contributed by atoms with van der Waals surface area (Å²) in [5.74, 6) is 2.34. The van der Waals surface area contributed by atoms with Crippen LogP contribution in [0.2, 0.25) is 0 Å². The zero-order valence-corrected chi connectivity index (χ0v) is 15.5. The number of ether oxygens (including phenoxy) is 2. The van der Waals surface area contributed by atoms with Crippen molar-refractivity contribution >= 4 is 17.3 Å². The summed E-state index contributed by atoms with van der Waals surface area (Å²) in [4.78, 5) is 6.97. The summed E-state index contributed by atoms with van der Waals surface area (Å²) >= 11 is 1.83. The van der Waals surface area contributed by atoms with Crippen LogP contribution in [0, 0.1) is 0 Å². The summed E-state index contributed by atoms with van der Waals surface area (Å²) in [7, 11) is 5.08. The van der Waals surface area contributed by atoms with E-state index in [0.29, 0.717) is 6.54 Å². The van der Waals surface area contributed by atoms with Gasteiger partial charge < -0.3 is 20.1 Å². The molecular weight excluding hydrogens is 322 g/mol. The van der Waals surface area contributed by atoms with Gasteiger partial charge in [0, 0.05) is 35.0 Å². The third-order valence-electron chi connectivity index (χ3n) is 3.66. The van der Waals surface area contributed by atoms with Crippen LogP contribution in [0.25, 0.3) is 0 Å². The van der Waals surface area contributed by atoms with Crippen LogP contribution in [0.15, 0.2) is 35.3 Å². The highest BCUT2D eigenvalue weighted by Crippen LogP contribution is 2.24. The van der Waals surface area contributed by atoms with E-state index in [4.69, 9.17) is 9.47 Å². The van der Waals surface area contributed by atoms with Crippen molar-refractivity contribution in [2.24, 2.45) is 4.99 Å². The normalized spacial score (nSPS) is 11.2. The van der Waals surface area contributed by atoms with Gasteiger partial charge in [-0.3, -0.25) is 4.99 Å². The number of rotatable bonds is 7. The lowest BCUT2D eigenvalue weighted by Gasteiger charge is -2.14. The third kappa shape index (κ3) is 4.89. The highest BCUT2D eigenvalue weighted by molar-refractivity contribution is 7.11. The number of aliphatic imine (C=N–C) groups is 1. The number of nitrogens with one attached hydrogen (secondary N) is 2. The first-order chi connectivity index (χ1) is 11.7. The van der Waals surface area contributed by atoms with Crippen molar-refractivity contribution in [3.8, 4) is 11.5 Å². The van der Waals surface area contributed by atoms with Gasteiger partial charge in [-0.25, -0.2) is 0 Å². The second kappa shape index (κ2) is 9.17. The molecule has 24 heavy (non-hydrogen) atoms. The summed E-state index contributed by atoms with van der Waals surface area (Å²) in [5, 5.41) is 6.65. The van der Waals surface area contributed by atoms with Crippen LogP contribution in [-0.2, 0) is 19.5 Å². The number of hydrogen-bond acceptors (Lipinski definition) is 4. The van der Waals surface area contributed by atoms with Gasteiger partial charge in [-0.2, -0.15) is 0 Å². The number of guanidine groups is 1. The Morgan fingerprint density at radius 1 is 1.04 bits per heavy atom. The van der Waals surface area contributed by atoms with E-state index in [-0.39, 0.29) is 0 Å². The molecule has 0 aliphatic rings. The van der Waals surface area contributed by atoms with Crippen molar-refractivity contribution < 1.29 is 9.47 Å². The van der Waals surface area contributed by atoms with Crippen molar-refractivity contribution in [2.75, 3.05) is 21.3 Å². The second-order valence-corrected chi connectivity index (χ2v) is 6.43. The Balaban J connectivity index is 1.91. The van der Waals surface area contributed by atoms with Gasteiger partial charge in [0.05, 0.1) is 20.8 Å². The highest BCUT2D eigenvalue weighted by atomic mass is 32.1. The average molecular weight is 347 g/mol. The number of methoxy groups -OCH3 is 2. The Bertz CT molecular complexity index is 683. The molecule has 0 saturated heterocycles. The van der Waals surface area contributed by atoms with Gasteiger partial charge in [-0.05, 0) is 30.7 Å². The van der Waals surface area contributed by atoms with Gasteiger partial charge in [-0.1, -0.05) is 6.92 Å². The quantitative estimate of drug-likeness (QED) is 0.597. The SMILES string of the molecule is CCc1ccc(CNC(=NC)NCc2ccc(OC)cc2OC)s1. The molecule has 2 rings (SSSR count). The van der Waals surface area contributed by atoms with Crippen molar-refractivity contribution in [3.05, 3.63) is 45.6 Å². The molecule has 5 nitrogen and oxygen atoms in total. The maximum absolute atomic E-state index is 5.42. The van der Waals surface area contributed by atoms with Crippen molar-refractivity contribution in [1.29, 1.82) is 0 Å². The molecule has 0 amide bonds. The molecule has 2 N–H and O–H groups in total. The van der Waals surface area contributed by atoms with Crippen LogP contribution in [-0.4, -0.2) is 27.2 Å². The average Bonchev–Trinajstić information content (AvgIpc) is 3.09. The van der Waals surface area contributed by atoms with Gasteiger partial charge in [0.2, 0.25) is 0 Å². The predicted octanol–water partition coefficient (Wildman–Crippen LogP) is 3.19. The second-order valence-electron chi connectivity index (χ2n) is 5.18. The molecule has 1 aromatic carbocycles. The fourth-order valence-electron chi connectivity index (χ4n) is 2.28. The molecule has 0 bridgehead atoms. The van der Waals surface area contributed by atoms with E-state index in [1.165, 1.54) is 9.75 Å². The van der Waals surface area contributed by atoms with Crippen LogP contribution < -0.4 is 20.1 Å². The minimum absolute atomic E-state index is 0.623. The molecule has 1 aromatic heterocycles. The molecule has 0 spiro atoms. The topological polar surface area (TPSA) is 54.9 Å². The standard InChI is InChI=1S/C18H25N3O2S/c1-5-15-8-9-16(24-15)12-21-18(19-2)20-11-13-6-7-14(22-3)10-17(13)23-4/h6-10H,5,11-12H2,1-4H3,(H2,19,20,21). The van der Waals surface area contributed by atoms with Crippen molar-refractivity contribution in [1.82, 2.24) is 10.6 Å². The molecule has 2 aromatic rings. The Hall–Kier alpha value is -2.21. The molecule has 0 fully saturated rings. The van der Waals surface area contributed by atoms with E-state index in [0.717, 1.165) is 36.0 Å². The molecule has 0 atom stereocenters. The van der Waals surface area contributed by atoms with Crippen molar-refractivity contribution in [3.63, 3.8) is 0 Å². The number of aryl methyl sites for hydroxylation is 1. The molecule has 0 aliphatic heterocycles. The molecular formula is C18H25N3O2S. The molecule has 130 valence electrons. The summed E-state index contributed by atoms with van der Waals surface area (Å²) in [5.41, 5.74) is 1.05. The van der Waals surface area contributed by atoms with Gasteiger partial charge in [0.25, 0.3) is 0 Å². The zero-order valence-electron chi connectivity index (χ0n) is 14.7. The maximum Gasteiger partial charge on any atom is 0.191 e. The van der Waals surface area contributed by atoms with E-state index in [2.05, 4.69) is 34.7 Å². The van der Waals surface area contributed by atoms with Gasteiger partial charge in [0.1, 0.15) is 11.5 Å². The van der Waals surface area contributed by atoms with Crippen LogP contribution in [0.4, 0.5) is 0 Å². The number of benzene rings is 1. The fraction of sp³-hybridized carbons (Fsp3) is 0.389. The van der Waals surface area contributed by atoms with E-state index in [1.54, 1.807) is 21.3 Å². The Morgan fingerprint density at radius 2 is 1.79 bits per heavy atom. The molecule has 0 radical (unpaired) electrons. The van der Waals surface area contributed by atoms with Crippen LogP contribution >= 0.6 is 11.3 Å². The predicted molar refractivity (Wildman–Crippen MR) is 100 cm³/mol. The summed E-state index contributed by atoms with van der Waals surface area (Å²) in [6, 6.07) is 10.1. The van der Waals surface area contributed by atoms with Gasteiger partial charge >= 0.3 is 0 Å². The fourth-order valence-corrected chi connectivity index (χ4v) is 3.17. The Morgan fingerprint density at radius 3 is 2.42 bits per heavy atom. The van der Waals surface area contributed by atoms with Crippen LogP contribution in [0.1, 0.15) is 22.2 Å². The first kappa shape index (κ1) is 18.1. The summed E-state index contributed by atoms with van der Waals surface area (Å²) in [6.07, 6.45) is 1.08. The number of thiophene rings is 1. The third-order valence-corrected chi connectivity index (χ3v) is 4.89. The Labute approximate surface area is 147 Å². The van der Waals surface area contributed by atoms with Gasteiger partial charge in [0.15, 0.2) is 5.96 Å². The monoisotopic (exact) mass is 347 g/mol. The van der Waals surface area contributed by atoms with Crippen LogP contribution in [0.5, 0.6) is 11.5 Å². The number of nitrogens with zero attached hydrogens (tertiary/aromatic N) is 1. The largest absolute Gasteiger partial charge is 0.497 e. The Kier molecular flexibility index (Phi) is 6.93. The summed E-state index contributed by atoms with van der Waals surface area (Å²) < 4.78 is 10.6. The lowest BCUT2D eigenvalue weighted by Crippen LogP contribution is -2.36. The lowest BCUT2D eigenvalue weighted by molar-refractivity contribution is 0.390. The molecule has 0 saturated carbocycles. The summed E-state index contributed by atoms with van der Waals surface area (Å²) in [6.45, 7) is 3.56. The van der Waals surface area contributed by atoms with E-state index < -0.39 is 0 Å². The maximum atomic E-state index is 5.42. The number of hydrogen-bond donors (Lipinski definition) is 2. The highest BCUT2D eigenvalue weighted by Gasteiger charge is 2.06. The van der Waals surface area contributed by atoms with Crippen LogP contribution in [0.3, 0.4) is 0 Å². The first-order valence-corrected chi connectivity index (χ1v) is 8.74. The minimum atomic E-state index is 0.623.